The second-order valence-corrected chi connectivity index (χ2v) is 4.30. The first-order valence-corrected chi connectivity index (χ1v) is 6.07. The van der Waals surface area contributed by atoms with Crippen molar-refractivity contribution in [2.24, 2.45) is 5.73 Å². The molecular weight excluding hydrogens is 242 g/mol. The number of hydrogen-bond acceptors (Lipinski definition) is 4. The zero-order chi connectivity index (χ0) is 13.8. The number of carbonyl (C=O) groups excluding carboxylic acids is 1. The maximum absolute atomic E-state index is 12.3. The molecule has 0 unspecified atom stereocenters. The predicted octanol–water partition coefficient (Wildman–Crippen LogP) is 1.39. The molecule has 100 valence electrons. The SMILES string of the molecule is COc1ccc(C(=O)c2cn(CCN)cn2)c(C)c1. The lowest BCUT2D eigenvalue weighted by molar-refractivity contribution is 0.103. The minimum absolute atomic E-state index is 0.0871. The number of nitrogens with two attached hydrogens (primary N) is 1. The van der Waals surface area contributed by atoms with Crippen LogP contribution in [0.2, 0.25) is 0 Å². The molecule has 1 heterocycles. The van der Waals surface area contributed by atoms with Crippen molar-refractivity contribution in [2.75, 3.05) is 13.7 Å². The fourth-order valence-corrected chi connectivity index (χ4v) is 1.90. The molecule has 0 aliphatic carbocycles. The summed E-state index contributed by atoms with van der Waals surface area (Å²) in [4.78, 5) is 16.5. The van der Waals surface area contributed by atoms with E-state index in [9.17, 15) is 4.79 Å². The van der Waals surface area contributed by atoms with E-state index in [0.717, 1.165) is 11.3 Å². The number of aromatic nitrogens is 2. The molecule has 2 N–H and O–H groups in total. The highest BCUT2D eigenvalue weighted by molar-refractivity contribution is 6.08. The Morgan fingerprint density at radius 2 is 2.26 bits per heavy atom. The Kier molecular flexibility index (Phi) is 3.97. The van der Waals surface area contributed by atoms with Crippen molar-refractivity contribution in [3.8, 4) is 5.75 Å². The number of ether oxygens (including phenoxy) is 1. The van der Waals surface area contributed by atoms with E-state index in [1.807, 2.05) is 17.6 Å². The van der Waals surface area contributed by atoms with Crippen molar-refractivity contribution in [3.63, 3.8) is 0 Å². The number of benzene rings is 1. The van der Waals surface area contributed by atoms with E-state index >= 15 is 0 Å². The highest BCUT2D eigenvalue weighted by Crippen LogP contribution is 2.19. The van der Waals surface area contributed by atoms with E-state index in [2.05, 4.69) is 4.98 Å². The van der Waals surface area contributed by atoms with Gasteiger partial charge in [-0.15, -0.1) is 0 Å². The van der Waals surface area contributed by atoms with Gasteiger partial charge in [0.15, 0.2) is 0 Å². The van der Waals surface area contributed by atoms with E-state index in [4.69, 9.17) is 10.5 Å². The molecule has 5 heteroatoms. The number of methoxy groups -OCH3 is 1. The molecular formula is C14H17N3O2. The summed E-state index contributed by atoms with van der Waals surface area (Å²) >= 11 is 0. The standard InChI is InChI=1S/C14H17N3O2/c1-10-7-11(19-2)3-4-12(10)14(18)13-8-17(6-5-15)9-16-13/h3-4,7-9H,5-6,15H2,1-2H3. The molecule has 1 aromatic heterocycles. The molecule has 5 nitrogen and oxygen atoms in total. The number of rotatable bonds is 5. The van der Waals surface area contributed by atoms with Crippen LogP contribution in [0.15, 0.2) is 30.7 Å². The van der Waals surface area contributed by atoms with Crippen LogP contribution in [0.4, 0.5) is 0 Å². The normalized spacial score (nSPS) is 10.5. The smallest absolute Gasteiger partial charge is 0.213 e. The zero-order valence-electron chi connectivity index (χ0n) is 11.1. The van der Waals surface area contributed by atoms with E-state index in [-0.39, 0.29) is 5.78 Å². The molecule has 0 amide bonds. The van der Waals surface area contributed by atoms with Crippen molar-refractivity contribution < 1.29 is 9.53 Å². The largest absolute Gasteiger partial charge is 0.497 e. The number of imidazole rings is 1. The first kappa shape index (κ1) is 13.3. The Morgan fingerprint density at radius 1 is 1.47 bits per heavy atom. The van der Waals surface area contributed by atoms with Gasteiger partial charge in [-0.3, -0.25) is 4.79 Å². The van der Waals surface area contributed by atoms with E-state index in [1.165, 1.54) is 0 Å². The summed E-state index contributed by atoms with van der Waals surface area (Å²) in [6, 6.07) is 5.37. The van der Waals surface area contributed by atoms with Crippen LogP contribution < -0.4 is 10.5 Å². The third-order valence-corrected chi connectivity index (χ3v) is 2.93. The van der Waals surface area contributed by atoms with Crippen molar-refractivity contribution in [3.05, 3.63) is 47.5 Å². The van der Waals surface area contributed by atoms with Gasteiger partial charge in [0.1, 0.15) is 11.4 Å². The summed E-state index contributed by atoms with van der Waals surface area (Å²) in [6.07, 6.45) is 3.35. The van der Waals surface area contributed by atoms with Gasteiger partial charge in [0.2, 0.25) is 5.78 Å². The third-order valence-electron chi connectivity index (χ3n) is 2.93. The monoisotopic (exact) mass is 259 g/mol. The number of aryl methyl sites for hydroxylation is 1. The molecule has 0 saturated heterocycles. The van der Waals surface area contributed by atoms with Crippen LogP contribution in [0.3, 0.4) is 0 Å². The Hall–Kier alpha value is -2.14. The minimum Gasteiger partial charge on any atom is -0.497 e. The predicted molar refractivity (Wildman–Crippen MR) is 72.4 cm³/mol. The van der Waals surface area contributed by atoms with Crippen LogP contribution in [-0.4, -0.2) is 29.0 Å². The topological polar surface area (TPSA) is 70.1 Å². The maximum Gasteiger partial charge on any atom is 0.213 e. The molecule has 0 saturated carbocycles. The van der Waals surface area contributed by atoms with Crippen molar-refractivity contribution in [1.82, 2.24) is 9.55 Å². The van der Waals surface area contributed by atoms with Gasteiger partial charge >= 0.3 is 0 Å². The lowest BCUT2D eigenvalue weighted by Crippen LogP contribution is -2.08. The van der Waals surface area contributed by atoms with Crippen molar-refractivity contribution >= 4 is 5.78 Å². The summed E-state index contributed by atoms with van der Waals surface area (Å²) < 4.78 is 6.94. The quantitative estimate of drug-likeness (QED) is 0.824. The van der Waals surface area contributed by atoms with Crippen molar-refractivity contribution in [1.29, 1.82) is 0 Å². The summed E-state index contributed by atoms with van der Waals surface area (Å²) in [6.45, 7) is 3.06. The molecule has 1 aromatic carbocycles. The highest BCUT2D eigenvalue weighted by atomic mass is 16.5. The van der Waals surface area contributed by atoms with Gasteiger partial charge in [0.05, 0.1) is 13.4 Å². The van der Waals surface area contributed by atoms with Crippen LogP contribution >= 0.6 is 0 Å². The first-order valence-electron chi connectivity index (χ1n) is 6.07. The summed E-state index contributed by atoms with van der Waals surface area (Å²) in [5.41, 5.74) is 7.41. The molecule has 0 aliphatic rings. The van der Waals surface area contributed by atoms with Crippen LogP contribution in [0.5, 0.6) is 5.75 Å². The summed E-state index contributed by atoms with van der Waals surface area (Å²) in [5, 5.41) is 0. The second-order valence-electron chi connectivity index (χ2n) is 4.30. The fourth-order valence-electron chi connectivity index (χ4n) is 1.90. The molecule has 2 rings (SSSR count). The lowest BCUT2D eigenvalue weighted by atomic mass is 10.0. The van der Waals surface area contributed by atoms with Crippen LogP contribution in [0.25, 0.3) is 0 Å². The Morgan fingerprint density at radius 3 is 2.89 bits per heavy atom. The molecule has 0 bridgehead atoms. The van der Waals surface area contributed by atoms with Crippen LogP contribution in [-0.2, 0) is 6.54 Å². The van der Waals surface area contributed by atoms with Gasteiger partial charge in [-0.05, 0) is 30.7 Å². The van der Waals surface area contributed by atoms with Crippen molar-refractivity contribution in [2.45, 2.75) is 13.5 Å². The highest BCUT2D eigenvalue weighted by Gasteiger charge is 2.14. The van der Waals surface area contributed by atoms with E-state index in [0.29, 0.717) is 24.3 Å². The number of carbonyl (C=O) groups is 1. The minimum atomic E-state index is -0.0871. The number of nitrogens with zero attached hydrogens (tertiary/aromatic N) is 2. The molecule has 0 spiro atoms. The average molecular weight is 259 g/mol. The molecule has 19 heavy (non-hydrogen) atoms. The molecule has 0 atom stereocenters. The van der Waals surface area contributed by atoms with Crippen LogP contribution in [0.1, 0.15) is 21.6 Å². The molecule has 0 aliphatic heterocycles. The second kappa shape index (κ2) is 5.67. The summed E-state index contributed by atoms with van der Waals surface area (Å²) in [7, 11) is 1.60. The Labute approximate surface area is 112 Å². The summed E-state index contributed by atoms with van der Waals surface area (Å²) in [5.74, 6) is 0.652. The Bertz CT molecular complexity index is 590. The fraction of sp³-hybridized carbons (Fsp3) is 0.286. The van der Waals surface area contributed by atoms with Crippen LogP contribution in [0, 0.1) is 6.92 Å². The van der Waals surface area contributed by atoms with E-state index < -0.39 is 0 Å². The van der Waals surface area contributed by atoms with Gasteiger partial charge in [-0.2, -0.15) is 0 Å². The van der Waals surface area contributed by atoms with E-state index in [1.54, 1.807) is 31.8 Å². The number of hydrogen-bond donors (Lipinski definition) is 1. The first-order chi connectivity index (χ1) is 9.15. The molecule has 0 fully saturated rings. The van der Waals surface area contributed by atoms with Gasteiger partial charge in [-0.25, -0.2) is 4.98 Å². The molecule has 2 aromatic rings. The maximum atomic E-state index is 12.3. The third kappa shape index (κ3) is 2.82. The lowest BCUT2D eigenvalue weighted by Gasteiger charge is -2.05. The van der Waals surface area contributed by atoms with Gasteiger partial charge in [-0.1, -0.05) is 0 Å². The Balaban J connectivity index is 2.27. The zero-order valence-corrected chi connectivity index (χ0v) is 11.1. The van der Waals surface area contributed by atoms with Gasteiger partial charge in [0, 0.05) is 24.8 Å². The number of ketones is 1. The van der Waals surface area contributed by atoms with Gasteiger partial charge < -0.3 is 15.0 Å². The molecule has 0 radical (unpaired) electrons. The average Bonchev–Trinajstić information content (AvgIpc) is 2.87. The van der Waals surface area contributed by atoms with Gasteiger partial charge in [0.25, 0.3) is 0 Å².